The van der Waals surface area contributed by atoms with Gasteiger partial charge in [-0.25, -0.2) is 13.1 Å². The normalized spacial score (nSPS) is 23.9. The van der Waals surface area contributed by atoms with Crippen molar-refractivity contribution in [1.29, 1.82) is 0 Å². The van der Waals surface area contributed by atoms with E-state index < -0.39 is 10.0 Å². The second-order valence-electron chi connectivity index (χ2n) is 5.62. The molecule has 0 radical (unpaired) electrons. The summed E-state index contributed by atoms with van der Waals surface area (Å²) in [5.41, 5.74) is 0. The summed E-state index contributed by atoms with van der Waals surface area (Å²) in [6.07, 6.45) is 0.933. The van der Waals surface area contributed by atoms with Crippen molar-refractivity contribution >= 4 is 34.0 Å². The van der Waals surface area contributed by atoms with Crippen LogP contribution in [0.5, 0.6) is 11.5 Å². The van der Waals surface area contributed by atoms with Crippen molar-refractivity contribution in [3.05, 3.63) is 17.2 Å². The molecule has 130 valence electrons. The standard InChI is InChI=1S/C14H19ClN2O4S.ClH/c1-9-2-3-16-8-11(9)17-22(18,19)14-7-13-12(6-10(14)15)20-4-5-21-13;/h6-7,9,11,16-17H,2-5,8H2,1H3;1H. The van der Waals surface area contributed by atoms with Crippen LogP contribution in [0.2, 0.25) is 5.02 Å². The molecule has 2 unspecified atom stereocenters. The zero-order valence-electron chi connectivity index (χ0n) is 12.7. The lowest BCUT2D eigenvalue weighted by Crippen LogP contribution is -2.50. The van der Waals surface area contributed by atoms with Crippen LogP contribution in [-0.2, 0) is 10.0 Å². The Bertz CT molecular complexity index is 669. The molecule has 2 aliphatic heterocycles. The van der Waals surface area contributed by atoms with Gasteiger partial charge in [-0.1, -0.05) is 18.5 Å². The number of benzene rings is 1. The van der Waals surface area contributed by atoms with Crippen LogP contribution in [0, 0.1) is 5.92 Å². The maximum absolute atomic E-state index is 12.6. The molecular formula is C14H20Cl2N2O4S. The highest BCUT2D eigenvalue weighted by molar-refractivity contribution is 7.89. The molecule has 0 spiro atoms. The summed E-state index contributed by atoms with van der Waals surface area (Å²) in [4.78, 5) is 0.0243. The quantitative estimate of drug-likeness (QED) is 0.833. The maximum Gasteiger partial charge on any atom is 0.242 e. The lowest BCUT2D eigenvalue weighted by atomic mass is 9.96. The van der Waals surface area contributed by atoms with Gasteiger partial charge < -0.3 is 14.8 Å². The van der Waals surface area contributed by atoms with Gasteiger partial charge in [0.25, 0.3) is 0 Å². The highest BCUT2D eigenvalue weighted by Crippen LogP contribution is 2.37. The first-order valence-electron chi connectivity index (χ1n) is 7.29. The molecule has 0 amide bonds. The van der Waals surface area contributed by atoms with Gasteiger partial charge in [0.1, 0.15) is 18.1 Å². The Kier molecular flexibility index (Phi) is 6.02. The Hall–Kier alpha value is -0.730. The van der Waals surface area contributed by atoms with Gasteiger partial charge in [0.05, 0.1) is 5.02 Å². The molecule has 2 aliphatic rings. The van der Waals surface area contributed by atoms with Crippen LogP contribution >= 0.6 is 24.0 Å². The average molecular weight is 383 g/mol. The van der Waals surface area contributed by atoms with E-state index in [1.807, 2.05) is 6.92 Å². The lowest BCUT2D eigenvalue weighted by Gasteiger charge is -2.30. The number of fused-ring (bicyclic) bond motifs is 1. The molecule has 3 rings (SSSR count). The van der Waals surface area contributed by atoms with E-state index in [1.165, 1.54) is 12.1 Å². The molecule has 0 aliphatic carbocycles. The SMILES string of the molecule is CC1CCNCC1NS(=O)(=O)c1cc2c(cc1Cl)OCCO2.Cl. The van der Waals surface area contributed by atoms with Gasteiger partial charge in [-0.05, 0) is 18.9 Å². The number of ether oxygens (including phenoxy) is 2. The van der Waals surface area contributed by atoms with Crippen molar-refractivity contribution in [3.8, 4) is 11.5 Å². The first kappa shape index (κ1) is 18.6. The van der Waals surface area contributed by atoms with E-state index in [0.29, 0.717) is 31.3 Å². The molecule has 0 aromatic heterocycles. The summed E-state index contributed by atoms with van der Waals surface area (Å²) in [6.45, 7) is 4.39. The molecule has 0 saturated carbocycles. The smallest absolute Gasteiger partial charge is 0.242 e. The highest BCUT2D eigenvalue weighted by Gasteiger charge is 2.29. The minimum absolute atomic E-state index is 0. The van der Waals surface area contributed by atoms with E-state index in [2.05, 4.69) is 10.0 Å². The molecule has 9 heteroatoms. The molecular weight excluding hydrogens is 363 g/mol. The molecule has 23 heavy (non-hydrogen) atoms. The Morgan fingerprint density at radius 2 is 1.91 bits per heavy atom. The van der Waals surface area contributed by atoms with Crippen LogP contribution in [0.3, 0.4) is 0 Å². The van der Waals surface area contributed by atoms with Crippen molar-refractivity contribution in [2.75, 3.05) is 26.3 Å². The largest absolute Gasteiger partial charge is 0.486 e. The third-order valence-corrected chi connectivity index (χ3v) is 5.97. The molecule has 2 N–H and O–H groups in total. The minimum atomic E-state index is -3.71. The molecule has 1 saturated heterocycles. The molecule has 1 aromatic rings. The van der Waals surface area contributed by atoms with Crippen LogP contribution < -0.4 is 19.5 Å². The molecule has 2 atom stereocenters. The molecule has 6 nitrogen and oxygen atoms in total. The van der Waals surface area contributed by atoms with Crippen LogP contribution in [0.1, 0.15) is 13.3 Å². The second-order valence-corrected chi connectivity index (χ2v) is 7.71. The Morgan fingerprint density at radius 1 is 1.26 bits per heavy atom. The van der Waals surface area contributed by atoms with Crippen molar-refractivity contribution in [1.82, 2.24) is 10.0 Å². The Morgan fingerprint density at radius 3 is 2.57 bits per heavy atom. The summed E-state index contributed by atoms with van der Waals surface area (Å²) in [6, 6.07) is 2.77. The van der Waals surface area contributed by atoms with Crippen LogP contribution in [0.25, 0.3) is 0 Å². The van der Waals surface area contributed by atoms with Crippen molar-refractivity contribution < 1.29 is 17.9 Å². The molecule has 2 heterocycles. The Balaban J connectivity index is 0.00000192. The fourth-order valence-electron chi connectivity index (χ4n) is 2.66. The summed E-state index contributed by atoms with van der Waals surface area (Å²) < 4.78 is 38.8. The van der Waals surface area contributed by atoms with Gasteiger partial charge in [-0.15, -0.1) is 12.4 Å². The monoisotopic (exact) mass is 382 g/mol. The van der Waals surface area contributed by atoms with Gasteiger partial charge in [-0.3, -0.25) is 0 Å². The van der Waals surface area contributed by atoms with E-state index in [9.17, 15) is 8.42 Å². The first-order chi connectivity index (χ1) is 10.5. The Labute approximate surface area is 147 Å². The predicted molar refractivity (Wildman–Crippen MR) is 90.5 cm³/mol. The summed E-state index contributed by atoms with van der Waals surface area (Å²) in [5, 5.41) is 3.33. The number of sulfonamides is 1. The van der Waals surface area contributed by atoms with Crippen LogP contribution in [0.15, 0.2) is 17.0 Å². The van der Waals surface area contributed by atoms with E-state index in [-0.39, 0.29) is 34.3 Å². The number of piperidine rings is 1. The lowest BCUT2D eigenvalue weighted by molar-refractivity contribution is 0.171. The molecule has 1 aromatic carbocycles. The molecule has 0 bridgehead atoms. The second kappa shape index (κ2) is 7.44. The number of hydrogen-bond acceptors (Lipinski definition) is 5. The number of hydrogen-bond donors (Lipinski definition) is 2. The van der Waals surface area contributed by atoms with Crippen molar-refractivity contribution in [3.63, 3.8) is 0 Å². The van der Waals surface area contributed by atoms with Gasteiger partial charge >= 0.3 is 0 Å². The summed E-state index contributed by atoms with van der Waals surface area (Å²) in [5.74, 6) is 1.15. The third-order valence-electron chi connectivity index (χ3n) is 4.02. The van der Waals surface area contributed by atoms with E-state index in [1.54, 1.807) is 0 Å². The van der Waals surface area contributed by atoms with Crippen molar-refractivity contribution in [2.45, 2.75) is 24.3 Å². The van der Waals surface area contributed by atoms with E-state index in [0.717, 1.165) is 13.0 Å². The zero-order chi connectivity index (χ0) is 15.7. The number of rotatable bonds is 3. The highest BCUT2D eigenvalue weighted by atomic mass is 35.5. The predicted octanol–water partition coefficient (Wildman–Crippen LogP) is 1.81. The fraction of sp³-hybridized carbons (Fsp3) is 0.571. The topological polar surface area (TPSA) is 76.7 Å². The van der Waals surface area contributed by atoms with E-state index in [4.69, 9.17) is 21.1 Å². The third kappa shape index (κ3) is 4.03. The van der Waals surface area contributed by atoms with Gasteiger partial charge in [0.15, 0.2) is 11.5 Å². The fourth-order valence-corrected chi connectivity index (χ4v) is 4.54. The minimum Gasteiger partial charge on any atom is -0.486 e. The van der Waals surface area contributed by atoms with Crippen LogP contribution in [-0.4, -0.2) is 40.8 Å². The van der Waals surface area contributed by atoms with Gasteiger partial charge in [-0.2, -0.15) is 0 Å². The zero-order valence-corrected chi connectivity index (χ0v) is 15.1. The maximum atomic E-state index is 12.6. The summed E-state index contributed by atoms with van der Waals surface area (Å²) >= 11 is 6.13. The van der Waals surface area contributed by atoms with Gasteiger partial charge in [0.2, 0.25) is 10.0 Å². The average Bonchev–Trinajstić information content (AvgIpc) is 2.48. The van der Waals surface area contributed by atoms with E-state index >= 15 is 0 Å². The molecule has 1 fully saturated rings. The number of halogens is 2. The van der Waals surface area contributed by atoms with Crippen molar-refractivity contribution in [2.24, 2.45) is 5.92 Å². The van der Waals surface area contributed by atoms with Gasteiger partial charge in [0, 0.05) is 24.7 Å². The first-order valence-corrected chi connectivity index (χ1v) is 9.15. The van der Waals surface area contributed by atoms with Crippen LogP contribution in [0.4, 0.5) is 0 Å². The number of nitrogens with one attached hydrogen (secondary N) is 2. The summed E-state index contributed by atoms with van der Waals surface area (Å²) in [7, 11) is -3.71.